The molecule has 6 heteroatoms. The number of ether oxygens (including phenoxy) is 1. The Balaban J connectivity index is 1.52. The number of nitrogens with one attached hydrogen (secondary N) is 1. The highest BCUT2D eigenvalue weighted by Gasteiger charge is 2.50. The Kier molecular flexibility index (Phi) is 9.35. The summed E-state index contributed by atoms with van der Waals surface area (Å²) in [5.74, 6) is -0.223. The van der Waals surface area contributed by atoms with Crippen LogP contribution in [0.2, 0.25) is 5.04 Å². The zero-order valence-electron chi connectivity index (χ0n) is 23.3. The lowest BCUT2D eigenvalue weighted by Crippen LogP contribution is -2.67. The van der Waals surface area contributed by atoms with E-state index in [1.54, 1.807) is 0 Å². The van der Waals surface area contributed by atoms with Gasteiger partial charge in [0.25, 0.3) is 8.32 Å². The maximum absolute atomic E-state index is 12.1. The molecule has 0 bridgehead atoms. The molecule has 39 heavy (non-hydrogen) atoms. The van der Waals surface area contributed by atoms with Crippen molar-refractivity contribution >= 4 is 35.4 Å². The van der Waals surface area contributed by atoms with Crippen LogP contribution in [0.25, 0.3) is 10.8 Å². The number of carbonyl (C=O) groups excluding carboxylic acids is 1. The smallest absolute Gasteiger partial charge is 0.261 e. The van der Waals surface area contributed by atoms with Crippen LogP contribution in [0.15, 0.2) is 103 Å². The van der Waals surface area contributed by atoms with Crippen LogP contribution in [-0.2, 0) is 20.6 Å². The molecule has 4 aromatic carbocycles. The van der Waals surface area contributed by atoms with Crippen molar-refractivity contribution in [1.29, 1.82) is 0 Å². The first-order valence-electron chi connectivity index (χ1n) is 13.5. The molecule has 0 aliphatic carbocycles. The van der Waals surface area contributed by atoms with Crippen LogP contribution in [0.5, 0.6) is 0 Å². The van der Waals surface area contributed by atoms with E-state index in [2.05, 4.69) is 74.6 Å². The molecule has 0 spiro atoms. The predicted molar refractivity (Wildman–Crippen MR) is 161 cm³/mol. The second-order valence-electron chi connectivity index (χ2n) is 11.0. The van der Waals surface area contributed by atoms with Gasteiger partial charge in [-0.1, -0.05) is 118 Å². The average Bonchev–Trinajstić information content (AvgIpc) is 2.93. The highest BCUT2D eigenvalue weighted by Crippen LogP contribution is 2.36. The lowest BCUT2D eigenvalue weighted by Gasteiger charge is -2.44. The van der Waals surface area contributed by atoms with Crippen molar-refractivity contribution in [3.63, 3.8) is 0 Å². The lowest BCUT2D eigenvalue weighted by molar-refractivity contribution is -0.121. The molecule has 4 rings (SSSR count). The van der Waals surface area contributed by atoms with Gasteiger partial charge in [0.05, 0.1) is 32.0 Å². The molecule has 0 saturated carbocycles. The molecule has 1 amide bonds. The van der Waals surface area contributed by atoms with Gasteiger partial charge in [-0.2, -0.15) is 0 Å². The SMILES string of the molecule is CC(=O)N[C@H](CO[Si](c1ccccc1)(c1ccccc1)C(C)(C)C)[C@H](O)COCc1ccc2ccccc2c1. The fourth-order valence-corrected chi connectivity index (χ4v) is 9.81. The normalized spacial score (nSPS) is 13.7. The average molecular weight is 542 g/mol. The Morgan fingerprint density at radius 3 is 1.95 bits per heavy atom. The van der Waals surface area contributed by atoms with E-state index < -0.39 is 20.5 Å². The van der Waals surface area contributed by atoms with Crippen molar-refractivity contribution in [2.75, 3.05) is 13.2 Å². The van der Waals surface area contributed by atoms with Crippen molar-refractivity contribution in [2.24, 2.45) is 0 Å². The molecule has 0 heterocycles. The molecule has 2 atom stereocenters. The number of amides is 1. The van der Waals surface area contributed by atoms with Gasteiger partial charge in [0.15, 0.2) is 0 Å². The monoisotopic (exact) mass is 541 g/mol. The van der Waals surface area contributed by atoms with E-state index in [4.69, 9.17) is 9.16 Å². The quantitative estimate of drug-likeness (QED) is 0.268. The molecule has 0 fully saturated rings. The summed E-state index contributed by atoms with van der Waals surface area (Å²) in [7, 11) is -2.82. The van der Waals surface area contributed by atoms with Gasteiger partial charge in [-0.05, 0) is 37.8 Å². The Morgan fingerprint density at radius 1 is 0.821 bits per heavy atom. The van der Waals surface area contributed by atoms with Gasteiger partial charge in [-0.15, -0.1) is 0 Å². The molecule has 0 aromatic heterocycles. The minimum atomic E-state index is -2.82. The maximum atomic E-state index is 12.1. The Morgan fingerprint density at radius 2 is 1.38 bits per heavy atom. The van der Waals surface area contributed by atoms with E-state index in [1.165, 1.54) is 12.3 Å². The Bertz CT molecular complexity index is 1320. The molecular weight excluding hydrogens is 502 g/mol. The topological polar surface area (TPSA) is 67.8 Å². The molecule has 0 saturated heterocycles. The summed E-state index contributed by atoms with van der Waals surface area (Å²) in [4.78, 5) is 12.1. The highest BCUT2D eigenvalue weighted by molar-refractivity contribution is 6.99. The second kappa shape index (κ2) is 12.7. The number of aliphatic hydroxyl groups excluding tert-OH is 1. The van der Waals surface area contributed by atoms with Crippen LogP contribution in [0.1, 0.15) is 33.3 Å². The summed E-state index contributed by atoms with van der Waals surface area (Å²) in [6.45, 7) is 8.67. The minimum absolute atomic E-state index is 0.0713. The van der Waals surface area contributed by atoms with Crippen LogP contribution < -0.4 is 15.7 Å². The van der Waals surface area contributed by atoms with Crippen molar-refractivity contribution in [2.45, 2.75) is 51.5 Å². The predicted octanol–water partition coefficient (Wildman–Crippen LogP) is 4.80. The molecule has 0 unspecified atom stereocenters. The minimum Gasteiger partial charge on any atom is -0.405 e. The molecule has 5 nitrogen and oxygen atoms in total. The molecule has 0 aliphatic heterocycles. The Labute approximate surface area is 232 Å². The van der Waals surface area contributed by atoms with Gasteiger partial charge in [0.1, 0.15) is 0 Å². The first-order chi connectivity index (χ1) is 18.7. The molecule has 204 valence electrons. The summed E-state index contributed by atoms with van der Waals surface area (Å²) < 4.78 is 12.9. The number of aliphatic hydroxyl groups is 1. The summed E-state index contributed by atoms with van der Waals surface area (Å²) in [5, 5.41) is 18.4. The van der Waals surface area contributed by atoms with Gasteiger partial charge < -0.3 is 19.6 Å². The van der Waals surface area contributed by atoms with Crippen molar-refractivity contribution in [1.82, 2.24) is 5.32 Å². The molecule has 0 aliphatic rings. The third-order valence-corrected chi connectivity index (χ3v) is 12.1. The summed E-state index contributed by atoms with van der Waals surface area (Å²) in [5.41, 5.74) is 1.03. The number of benzene rings is 4. The van der Waals surface area contributed by atoms with Gasteiger partial charge in [-0.25, -0.2) is 0 Å². The summed E-state index contributed by atoms with van der Waals surface area (Å²) in [6, 6.07) is 34.4. The third kappa shape index (κ3) is 6.83. The van der Waals surface area contributed by atoms with Gasteiger partial charge >= 0.3 is 0 Å². The maximum Gasteiger partial charge on any atom is 0.261 e. The van der Waals surface area contributed by atoms with Crippen molar-refractivity contribution < 1.29 is 19.1 Å². The van der Waals surface area contributed by atoms with Crippen LogP contribution in [0.4, 0.5) is 0 Å². The van der Waals surface area contributed by atoms with Crippen LogP contribution >= 0.6 is 0 Å². The fourth-order valence-electron chi connectivity index (χ4n) is 5.23. The number of rotatable bonds is 11. The Hall–Kier alpha value is -3.29. The second-order valence-corrected chi connectivity index (χ2v) is 15.4. The first kappa shape index (κ1) is 28.7. The van der Waals surface area contributed by atoms with E-state index in [0.717, 1.165) is 21.3 Å². The molecule has 2 N–H and O–H groups in total. The van der Waals surface area contributed by atoms with E-state index in [0.29, 0.717) is 6.61 Å². The van der Waals surface area contributed by atoms with Crippen molar-refractivity contribution in [3.8, 4) is 0 Å². The number of hydrogen-bond acceptors (Lipinski definition) is 4. The first-order valence-corrected chi connectivity index (χ1v) is 15.4. The highest BCUT2D eigenvalue weighted by atomic mass is 28.4. The summed E-state index contributed by atoms with van der Waals surface area (Å²) in [6.07, 6.45) is -0.937. The third-order valence-electron chi connectivity index (χ3n) is 7.12. The van der Waals surface area contributed by atoms with Crippen LogP contribution in [-0.4, -0.2) is 44.7 Å². The fraction of sp³-hybridized carbons (Fsp3) is 0.303. The van der Waals surface area contributed by atoms with Gasteiger partial charge in [0, 0.05) is 6.92 Å². The van der Waals surface area contributed by atoms with Gasteiger partial charge in [0.2, 0.25) is 5.91 Å². The zero-order valence-corrected chi connectivity index (χ0v) is 24.3. The van der Waals surface area contributed by atoms with E-state index in [-0.39, 0.29) is 24.2 Å². The van der Waals surface area contributed by atoms with Gasteiger partial charge in [-0.3, -0.25) is 4.79 Å². The lowest BCUT2D eigenvalue weighted by atomic mass is 10.1. The van der Waals surface area contributed by atoms with E-state index >= 15 is 0 Å². The van der Waals surface area contributed by atoms with Crippen LogP contribution in [0.3, 0.4) is 0 Å². The largest absolute Gasteiger partial charge is 0.405 e. The van der Waals surface area contributed by atoms with Crippen LogP contribution in [0, 0.1) is 0 Å². The van der Waals surface area contributed by atoms with E-state index in [9.17, 15) is 9.90 Å². The number of carbonyl (C=O) groups is 1. The molecule has 4 aromatic rings. The summed E-state index contributed by atoms with van der Waals surface area (Å²) >= 11 is 0. The molecular formula is C33H39NO4Si. The van der Waals surface area contributed by atoms with Crippen molar-refractivity contribution in [3.05, 3.63) is 109 Å². The van der Waals surface area contributed by atoms with E-state index in [1.807, 2.05) is 54.6 Å². The standard InChI is InChI=1S/C33H39NO4Si/c1-25(35)34-31(32(36)24-37-22-26-19-20-27-13-11-12-14-28(27)21-26)23-38-39(33(2,3)4,29-15-7-5-8-16-29)30-17-9-6-10-18-30/h5-21,31-32,36H,22-24H2,1-4H3,(H,34,35)/t31-,32-/m1/s1. The number of hydrogen-bond donors (Lipinski definition) is 2. The molecule has 0 radical (unpaired) electrons. The number of fused-ring (bicyclic) bond motifs is 1. The zero-order chi connectivity index (χ0) is 27.9.